The van der Waals surface area contributed by atoms with Crippen LogP contribution in [0, 0.1) is 11.7 Å². The molecule has 9 nitrogen and oxygen atoms in total. The lowest BCUT2D eigenvalue weighted by atomic mass is 9.88. The highest BCUT2D eigenvalue weighted by molar-refractivity contribution is 7.89. The van der Waals surface area contributed by atoms with Gasteiger partial charge < -0.3 is 25.0 Å². The number of nitrogens with one attached hydrogen (secondary N) is 1. The summed E-state index contributed by atoms with van der Waals surface area (Å²) >= 11 is 0. The molecule has 0 heterocycles. The first kappa shape index (κ1) is 34.4. The second-order valence-electron chi connectivity index (χ2n) is 12.4. The second kappa shape index (κ2) is 14.3. The molecule has 0 spiro atoms. The van der Waals surface area contributed by atoms with Crippen molar-refractivity contribution in [3.63, 3.8) is 0 Å². The Kier molecular flexibility index (Phi) is 10.9. The number of aliphatic hydroxyl groups excluding tert-OH is 1. The van der Waals surface area contributed by atoms with E-state index in [9.17, 15) is 23.4 Å². The summed E-state index contributed by atoms with van der Waals surface area (Å²) in [6.07, 6.45) is 1.88. The molecule has 3 N–H and O–H groups in total. The normalized spacial score (nSPS) is 14.4. The summed E-state index contributed by atoms with van der Waals surface area (Å²) in [6.45, 7) is 4.18. The van der Waals surface area contributed by atoms with Crippen LogP contribution in [-0.2, 0) is 34.1 Å². The molecule has 0 unspecified atom stereocenters. The lowest BCUT2D eigenvalue weighted by molar-refractivity contribution is -0.136. The molecule has 11 heteroatoms. The molecule has 0 radical (unpaired) electrons. The van der Waals surface area contributed by atoms with Gasteiger partial charge in [-0.3, -0.25) is 4.79 Å². The molecule has 0 amide bonds. The van der Waals surface area contributed by atoms with E-state index in [1.54, 1.807) is 12.1 Å². The molecule has 3 aromatic rings. The molecular formula is C34H43FN2O7S. The van der Waals surface area contributed by atoms with Gasteiger partial charge in [-0.2, -0.15) is 4.31 Å². The van der Waals surface area contributed by atoms with E-state index in [1.807, 2.05) is 0 Å². The van der Waals surface area contributed by atoms with Crippen LogP contribution < -0.4 is 14.8 Å². The third kappa shape index (κ3) is 8.40. The average Bonchev–Trinajstić information content (AvgIpc) is 3.40. The number of ether oxygens (including phenoxy) is 2. The smallest absolute Gasteiger partial charge is 0.303 e. The number of carboxylic acid groups (broad SMARTS) is 1. The van der Waals surface area contributed by atoms with Gasteiger partial charge >= 0.3 is 5.97 Å². The summed E-state index contributed by atoms with van der Waals surface area (Å²) < 4.78 is 54.0. The first-order valence-corrected chi connectivity index (χ1v) is 16.4. The SMILES string of the molecule is COc1cc(CCC(=O)O)c(-c2ccc(S(=O)(=O)N(C)C[C@H](O)CNC(C)(C)CC3Cc4ccccc4C3)cc2F)cc1OC. The summed E-state index contributed by atoms with van der Waals surface area (Å²) in [5, 5.41) is 23.3. The second-order valence-corrected chi connectivity index (χ2v) is 14.4. The fourth-order valence-corrected chi connectivity index (χ4v) is 7.34. The van der Waals surface area contributed by atoms with Crippen LogP contribution in [0.2, 0.25) is 0 Å². The zero-order chi connectivity index (χ0) is 32.9. The van der Waals surface area contributed by atoms with Gasteiger partial charge in [0.1, 0.15) is 5.82 Å². The monoisotopic (exact) mass is 642 g/mol. The van der Waals surface area contributed by atoms with E-state index in [1.165, 1.54) is 44.5 Å². The molecule has 3 aromatic carbocycles. The molecule has 45 heavy (non-hydrogen) atoms. The number of halogens is 1. The lowest BCUT2D eigenvalue weighted by Crippen LogP contribution is -2.47. The summed E-state index contributed by atoms with van der Waals surface area (Å²) in [7, 11) is 0.0943. The van der Waals surface area contributed by atoms with Crippen molar-refractivity contribution in [3.8, 4) is 22.6 Å². The van der Waals surface area contributed by atoms with Gasteiger partial charge in [0.05, 0.1) is 25.2 Å². The summed E-state index contributed by atoms with van der Waals surface area (Å²) in [5.41, 5.74) is 3.48. The van der Waals surface area contributed by atoms with Crippen molar-refractivity contribution in [2.75, 3.05) is 34.4 Å². The minimum absolute atomic E-state index is 0.0924. The molecule has 1 aliphatic rings. The number of β-amino-alcohol motifs (C(OH)–C–C–N with tert-alkyl or cyclic N) is 1. The number of methoxy groups -OCH3 is 2. The number of sulfonamides is 1. The molecule has 4 rings (SSSR count). The Morgan fingerprint density at radius 1 is 1.04 bits per heavy atom. The topological polar surface area (TPSA) is 125 Å². The molecule has 0 saturated heterocycles. The minimum atomic E-state index is -4.13. The fourth-order valence-electron chi connectivity index (χ4n) is 6.12. The molecule has 1 atom stereocenters. The maximum Gasteiger partial charge on any atom is 0.303 e. The van der Waals surface area contributed by atoms with Crippen molar-refractivity contribution >= 4 is 16.0 Å². The van der Waals surface area contributed by atoms with E-state index in [2.05, 4.69) is 43.4 Å². The Balaban J connectivity index is 1.42. The number of aryl methyl sites for hydroxylation is 1. The standard InChI is InChI=1S/C34H43FN2O7S/c1-34(2,19-22-14-23-8-6-7-9-24(23)15-22)36-20-26(38)21-37(3)45(41,42)27-11-12-28(30(35)17-27)29-18-32(44-5)31(43-4)16-25(29)10-13-33(39)40/h6-9,11-12,16-18,22,26,36,38H,10,13-15,19-21H2,1-5H3,(H,39,40)/t26-/m1/s1. The molecule has 1 aliphatic carbocycles. The van der Waals surface area contributed by atoms with E-state index in [0.717, 1.165) is 29.6 Å². The number of rotatable bonds is 15. The first-order valence-electron chi connectivity index (χ1n) is 15.0. The van der Waals surface area contributed by atoms with Crippen LogP contribution in [0.1, 0.15) is 43.4 Å². The number of carboxylic acids is 1. The number of likely N-dealkylation sites (N-methyl/N-ethyl adjacent to an activating group) is 1. The third-order valence-corrected chi connectivity index (χ3v) is 10.2. The predicted octanol–water partition coefficient (Wildman–Crippen LogP) is 4.68. The first-order chi connectivity index (χ1) is 21.2. The molecule has 0 aliphatic heterocycles. The zero-order valence-electron chi connectivity index (χ0n) is 26.5. The van der Waals surface area contributed by atoms with Crippen LogP contribution in [0.5, 0.6) is 11.5 Å². The van der Waals surface area contributed by atoms with E-state index in [-0.39, 0.29) is 41.9 Å². The summed E-state index contributed by atoms with van der Waals surface area (Å²) in [4.78, 5) is 11.0. The lowest BCUT2D eigenvalue weighted by Gasteiger charge is -2.31. The molecular weight excluding hydrogens is 599 g/mol. The number of carbonyl (C=O) groups is 1. The van der Waals surface area contributed by atoms with Gasteiger partial charge in [-0.15, -0.1) is 0 Å². The number of fused-ring (bicyclic) bond motifs is 1. The van der Waals surface area contributed by atoms with Crippen molar-refractivity contribution in [2.45, 2.75) is 62.5 Å². The molecule has 244 valence electrons. The van der Waals surface area contributed by atoms with Gasteiger partial charge in [-0.25, -0.2) is 12.8 Å². The Morgan fingerprint density at radius 2 is 1.67 bits per heavy atom. The van der Waals surface area contributed by atoms with Crippen molar-refractivity contribution in [1.82, 2.24) is 9.62 Å². The Morgan fingerprint density at radius 3 is 2.24 bits per heavy atom. The number of hydrogen-bond donors (Lipinski definition) is 3. The van der Waals surface area contributed by atoms with Crippen LogP contribution in [-0.4, -0.2) is 74.9 Å². The van der Waals surface area contributed by atoms with Gasteiger partial charge in [0.2, 0.25) is 10.0 Å². The van der Waals surface area contributed by atoms with E-state index >= 15 is 4.39 Å². The average molecular weight is 643 g/mol. The van der Waals surface area contributed by atoms with Gasteiger partial charge in [0, 0.05) is 37.7 Å². The van der Waals surface area contributed by atoms with Gasteiger partial charge in [0.25, 0.3) is 0 Å². The van der Waals surface area contributed by atoms with Crippen LogP contribution in [0.3, 0.4) is 0 Å². The van der Waals surface area contributed by atoms with E-state index in [4.69, 9.17) is 9.47 Å². The van der Waals surface area contributed by atoms with Crippen LogP contribution in [0.15, 0.2) is 59.5 Å². The summed E-state index contributed by atoms with van der Waals surface area (Å²) in [6, 6.07) is 15.2. The van der Waals surface area contributed by atoms with Crippen LogP contribution in [0.4, 0.5) is 4.39 Å². The Hall–Kier alpha value is -3.51. The minimum Gasteiger partial charge on any atom is -0.493 e. The quantitative estimate of drug-likeness (QED) is 0.218. The number of aliphatic carboxylic acids is 1. The number of hydrogen-bond acceptors (Lipinski definition) is 7. The van der Waals surface area contributed by atoms with Gasteiger partial charge in [-0.1, -0.05) is 30.3 Å². The predicted molar refractivity (Wildman–Crippen MR) is 171 cm³/mol. The molecule has 0 saturated carbocycles. The van der Waals surface area contributed by atoms with Crippen molar-refractivity contribution in [1.29, 1.82) is 0 Å². The van der Waals surface area contributed by atoms with E-state index < -0.39 is 27.9 Å². The van der Waals surface area contributed by atoms with Gasteiger partial charge in [0.15, 0.2) is 11.5 Å². The van der Waals surface area contributed by atoms with Crippen molar-refractivity contribution in [3.05, 3.63) is 77.1 Å². The van der Waals surface area contributed by atoms with Crippen molar-refractivity contribution in [2.24, 2.45) is 5.92 Å². The van der Waals surface area contributed by atoms with Gasteiger partial charge in [-0.05, 0) is 92.0 Å². The molecule has 0 fully saturated rings. The molecule has 0 bridgehead atoms. The largest absolute Gasteiger partial charge is 0.493 e. The third-order valence-electron chi connectivity index (χ3n) is 8.38. The Labute approximate surface area is 265 Å². The maximum atomic E-state index is 15.6. The number of benzene rings is 3. The highest BCUT2D eigenvalue weighted by Crippen LogP contribution is 2.38. The summed E-state index contributed by atoms with van der Waals surface area (Å²) in [5.74, 6) is -0.632. The highest BCUT2D eigenvalue weighted by atomic mass is 32.2. The van der Waals surface area contributed by atoms with Crippen LogP contribution >= 0.6 is 0 Å². The molecule has 0 aromatic heterocycles. The maximum absolute atomic E-state index is 15.6. The number of aliphatic hydroxyl groups is 1. The van der Waals surface area contributed by atoms with Crippen LogP contribution in [0.25, 0.3) is 11.1 Å². The zero-order valence-corrected chi connectivity index (χ0v) is 27.3. The van der Waals surface area contributed by atoms with Crippen molar-refractivity contribution < 1.29 is 37.3 Å². The highest BCUT2D eigenvalue weighted by Gasteiger charge is 2.30. The number of nitrogens with zero attached hydrogens (tertiary/aromatic N) is 1. The fraction of sp³-hybridized carbons (Fsp3) is 0.441. The Bertz CT molecular complexity index is 1600. The van der Waals surface area contributed by atoms with E-state index in [0.29, 0.717) is 28.5 Å².